The maximum absolute atomic E-state index is 4.98. The summed E-state index contributed by atoms with van der Waals surface area (Å²) >= 11 is 0. The number of rotatable bonds is 6. The van der Waals surface area contributed by atoms with Crippen LogP contribution >= 0.6 is 0 Å². The highest BCUT2D eigenvalue weighted by atomic mass is 15.0. The Balaban J connectivity index is 1.06. The van der Waals surface area contributed by atoms with E-state index in [0.717, 1.165) is 33.5 Å². The van der Waals surface area contributed by atoms with Gasteiger partial charge in [-0.1, -0.05) is 184 Å². The Labute approximate surface area is 337 Å². The van der Waals surface area contributed by atoms with Gasteiger partial charge in [-0.05, 0) is 63.2 Å². The van der Waals surface area contributed by atoms with Crippen molar-refractivity contribution in [2.24, 2.45) is 0 Å². The molecule has 1 aliphatic rings. The normalized spacial score (nSPS) is 12.8. The SMILES string of the molecule is CC1(C)c2ccccc2-c2cccc(-c3ccc4c(c3)c3cccc(-c5ccc(-c6nc(-c7ccccc7)nc(-c7ccccc7)n6)cc5)c3n4-c3ccccc3)c21. The Hall–Kier alpha value is -7.43. The van der Waals surface area contributed by atoms with E-state index in [1.165, 1.54) is 55.2 Å². The molecule has 2 heterocycles. The molecule has 0 saturated carbocycles. The minimum atomic E-state index is -0.109. The summed E-state index contributed by atoms with van der Waals surface area (Å²) in [5.74, 6) is 1.94. The second-order valence-corrected chi connectivity index (χ2v) is 15.6. The molecule has 4 heteroatoms. The quantitative estimate of drug-likeness (QED) is 0.170. The third-order valence-corrected chi connectivity index (χ3v) is 11.8. The van der Waals surface area contributed by atoms with E-state index in [4.69, 9.17) is 15.0 Å². The highest BCUT2D eigenvalue weighted by molar-refractivity contribution is 6.15. The zero-order chi connectivity index (χ0) is 38.8. The molecule has 0 aliphatic heterocycles. The van der Waals surface area contributed by atoms with Gasteiger partial charge in [0.15, 0.2) is 17.5 Å². The van der Waals surface area contributed by atoms with Crippen molar-refractivity contribution in [1.82, 2.24) is 19.5 Å². The summed E-state index contributed by atoms with van der Waals surface area (Å²) in [5.41, 5.74) is 16.5. The van der Waals surface area contributed by atoms with E-state index in [-0.39, 0.29) is 5.41 Å². The fourth-order valence-corrected chi connectivity index (χ4v) is 9.14. The number of fused-ring (bicyclic) bond motifs is 6. The van der Waals surface area contributed by atoms with Gasteiger partial charge in [-0.3, -0.25) is 0 Å². The lowest BCUT2D eigenvalue weighted by atomic mass is 9.79. The first-order chi connectivity index (χ1) is 28.5. The first-order valence-electron chi connectivity index (χ1n) is 19.9. The van der Waals surface area contributed by atoms with Crippen molar-refractivity contribution in [3.8, 4) is 73.2 Å². The second-order valence-electron chi connectivity index (χ2n) is 15.6. The summed E-state index contributed by atoms with van der Waals surface area (Å²) < 4.78 is 2.43. The van der Waals surface area contributed by atoms with E-state index in [9.17, 15) is 0 Å². The number of para-hydroxylation sites is 2. The van der Waals surface area contributed by atoms with Crippen LogP contribution in [-0.4, -0.2) is 19.5 Å². The molecule has 2 aromatic heterocycles. The van der Waals surface area contributed by atoms with Crippen LogP contribution in [0, 0.1) is 0 Å². The molecule has 10 aromatic rings. The van der Waals surface area contributed by atoms with E-state index in [2.05, 4.69) is 152 Å². The van der Waals surface area contributed by atoms with Gasteiger partial charge < -0.3 is 4.57 Å². The first-order valence-corrected chi connectivity index (χ1v) is 19.9. The van der Waals surface area contributed by atoms with Gasteiger partial charge in [0, 0.05) is 44.1 Å². The van der Waals surface area contributed by atoms with Gasteiger partial charge >= 0.3 is 0 Å². The van der Waals surface area contributed by atoms with Crippen molar-refractivity contribution >= 4 is 21.8 Å². The van der Waals surface area contributed by atoms with Crippen LogP contribution in [0.25, 0.3) is 95.0 Å². The zero-order valence-corrected chi connectivity index (χ0v) is 32.3. The highest BCUT2D eigenvalue weighted by Gasteiger charge is 2.37. The molecule has 4 nitrogen and oxygen atoms in total. The lowest BCUT2D eigenvalue weighted by molar-refractivity contribution is 0.662. The van der Waals surface area contributed by atoms with E-state index >= 15 is 0 Å². The van der Waals surface area contributed by atoms with Gasteiger partial charge in [0.1, 0.15) is 0 Å². The molecule has 0 unspecified atom stereocenters. The van der Waals surface area contributed by atoms with E-state index in [0.29, 0.717) is 17.5 Å². The van der Waals surface area contributed by atoms with E-state index in [1.54, 1.807) is 0 Å². The summed E-state index contributed by atoms with van der Waals surface area (Å²) in [6, 6.07) is 69.0. The maximum atomic E-state index is 4.98. The number of nitrogens with zero attached hydrogens (tertiary/aromatic N) is 4. The van der Waals surface area contributed by atoms with Crippen LogP contribution in [0.5, 0.6) is 0 Å². The third-order valence-electron chi connectivity index (χ3n) is 11.8. The van der Waals surface area contributed by atoms with Gasteiger partial charge in [0.05, 0.1) is 11.0 Å². The second kappa shape index (κ2) is 13.4. The highest BCUT2D eigenvalue weighted by Crippen LogP contribution is 2.52. The van der Waals surface area contributed by atoms with Crippen molar-refractivity contribution in [2.75, 3.05) is 0 Å². The maximum Gasteiger partial charge on any atom is 0.164 e. The van der Waals surface area contributed by atoms with Crippen molar-refractivity contribution in [3.05, 3.63) is 205 Å². The van der Waals surface area contributed by atoms with Crippen molar-refractivity contribution in [2.45, 2.75) is 19.3 Å². The molecule has 0 amide bonds. The van der Waals surface area contributed by atoms with Crippen LogP contribution in [0.2, 0.25) is 0 Å². The molecule has 0 radical (unpaired) electrons. The standard InChI is InChI=1S/C54H38N4/c1-54(2)47-27-13-12-22-43(47)44-25-14-23-41(49(44)54)39-32-33-48-46(34-39)45-26-15-24-42(50(45)58(48)40-20-10-5-11-21-40)35-28-30-38(31-29-35)53-56-51(36-16-6-3-7-17-36)55-52(57-53)37-18-8-4-9-19-37/h3-34H,1-2H3. The molecular weight excluding hydrogens is 705 g/mol. The smallest absolute Gasteiger partial charge is 0.164 e. The van der Waals surface area contributed by atoms with E-state index < -0.39 is 0 Å². The monoisotopic (exact) mass is 742 g/mol. The zero-order valence-electron chi connectivity index (χ0n) is 32.3. The molecule has 0 atom stereocenters. The van der Waals surface area contributed by atoms with Gasteiger partial charge in [-0.2, -0.15) is 0 Å². The van der Waals surface area contributed by atoms with Crippen LogP contribution in [-0.2, 0) is 5.41 Å². The molecule has 0 fully saturated rings. The fraction of sp³-hybridized carbons (Fsp3) is 0.0556. The molecule has 0 spiro atoms. The molecule has 58 heavy (non-hydrogen) atoms. The lowest BCUT2D eigenvalue weighted by Crippen LogP contribution is -2.16. The Morgan fingerprint density at radius 1 is 0.379 bits per heavy atom. The molecule has 1 aliphatic carbocycles. The van der Waals surface area contributed by atoms with Gasteiger partial charge in [-0.15, -0.1) is 0 Å². The summed E-state index contributed by atoms with van der Waals surface area (Å²) in [6.07, 6.45) is 0. The van der Waals surface area contributed by atoms with Gasteiger partial charge in [0.2, 0.25) is 0 Å². The van der Waals surface area contributed by atoms with Crippen molar-refractivity contribution < 1.29 is 0 Å². The molecule has 0 bridgehead atoms. The fourth-order valence-electron chi connectivity index (χ4n) is 9.14. The molecule has 0 N–H and O–H groups in total. The third kappa shape index (κ3) is 5.41. The van der Waals surface area contributed by atoms with Crippen molar-refractivity contribution in [1.29, 1.82) is 0 Å². The predicted molar refractivity (Wildman–Crippen MR) is 239 cm³/mol. The number of hydrogen-bond donors (Lipinski definition) is 0. The van der Waals surface area contributed by atoms with Crippen LogP contribution in [0.1, 0.15) is 25.0 Å². The Morgan fingerprint density at radius 3 is 1.55 bits per heavy atom. The molecule has 8 aromatic carbocycles. The summed E-state index contributed by atoms with van der Waals surface area (Å²) in [5, 5.41) is 2.45. The number of aromatic nitrogens is 4. The van der Waals surface area contributed by atoms with Crippen LogP contribution in [0.15, 0.2) is 194 Å². The van der Waals surface area contributed by atoms with Gasteiger partial charge in [0.25, 0.3) is 0 Å². The number of benzene rings is 8. The molecule has 274 valence electrons. The Morgan fingerprint density at radius 2 is 0.879 bits per heavy atom. The van der Waals surface area contributed by atoms with Crippen LogP contribution in [0.3, 0.4) is 0 Å². The predicted octanol–water partition coefficient (Wildman–Crippen LogP) is 13.6. The Kier molecular flexibility index (Phi) is 7.80. The van der Waals surface area contributed by atoms with E-state index in [1.807, 2.05) is 60.7 Å². The largest absolute Gasteiger partial charge is 0.309 e. The molecule has 11 rings (SSSR count). The average Bonchev–Trinajstić information content (AvgIpc) is 3.75. The van der Waals surface area contributed by atoms with Crippen LogP contribution < -0.4 is 0 Å². The Bertz CT molecular complexity index is 3110. The summed E-state index contributed by atoms with van der Waals surface area (Å²) in [7, 11) is 0. The number of hydrogen-bond acceptors (Lipinski definition) is 3. The first kappa shape index (κ1) is 33.9. The minimum Gasteiger partial charge on any atom is -0.309 e. The molecular formula is C54H38N4. The molecule has 0 saturated heterocycles. The van der Waals surface area contributed by atoms with Gasteiger partial charge in [-0.25, -0.2) is 15.0 Å². The minimum absolute atomic E-state index is 0.109. The lowest BCUT2D eigenvalue weighted by Gasteiger charge is -2.24. The average molecular weight is 743 g/mol. The summed E-state index contributed by atoms with van der Waals surface area (Å²) in [4.78, 5) is 14.9. The topological polar surface area (TPSA) is 43.6 Å². The summed E-state index contributed by atoms with van der Waals surface area (Å²) in [6.45, 7) is 4.73. The van der Waals surface area contributed by atoms with Crippen LogP contribution in [0.4, 0.5) is 0 Å². The van der Waals surface area contributed by atoms with Crippen molar-refractivity contribution in [3.63, 3.8) is 0 Å².